The van der Waals surface area contributed by atoms with Gasteiger partial charge in [0, 0.05) is 25.1 Å². The van der Waals surface area contributed by atoms with Gasteiger partial charge in [0.15, 0.2) is 0 Å². The molecule has 1 aromatic carbocycles. The number of hydrogen-bond acceptors (Lipinski definition) is 5. The highest BCUT2D eigenvalue weighted by atomic mass is 16.3. The molecule has 0 aliphatic carbocycles. The molecule has 2 heterocycles. The van der Waals surface area contributed by atoms with Gasteiger partial charge in [-0.2, -0.15) is 0 Å². The van der Waals surface area contributed by atoms with Gasteiger partial charge in [-0.15, -0.1) is 0 Å². The number of aromatic nitrogens is 2. The normalized spacial score (nSPS) is 16.3. The molecule has 5 nitrogen and oxygen atoms in total. The number of rotatable bonds is 3. The largest absolute Gasteiger partial charge is 0.508 e. The maximum atomic E-state index is 9.59. The first kappa shape index (κ1) is 13.8. The predicted octanol–water partition coefficient (Wildman–Crippen LogP) is 2.34. The van der Waals surface area contributed by atoms with Crippen molar-refractivity contribution in [2.45, 2.75) is 25.9 Å². The van der Waals surface area contributed by atoms with Crippen molar-refractivity contribution < 1.29 is 5.11 Å². The lowest BCUT2D eigenvalue weighted by Gasteiger charge is -2.26. The van der Waals surface area contributed by atoms with E-state index in [-0.39, 0.29) is 11.8 Å². The molecule has 0 saturated heterocycles. The number of anilines is 1. The van der Waals surface area contributed by atoms with E-state index in [0.717, 1.165) is 36.6 Å². The van der Waals surface area contributed by atoms with Gasteiger partial charge in [-0.3, -0.25) is 0 Å². The summed E-state index contributed by atoms with van der Waals surface area (Å²) in [5.74, 6) is 1.17. The van der Waals surface area contributed by atoms with E-state index in [1.807, 2.05) is 12.1 Å². The Kier molecular flexibility index (Phi) is 3.75. The van der Waals surface area contributed by atoms with Crippen molar-refractivity contribution in [3.05, 3.63) is 47.4 Å². The molecule has 1 aliphatic rings. The van der Waals surface area contributed by atoms with Gasteiger partial charge in [-0.25, -0.2) is 9.97 Å². The maximum Gasteiger partial charge on any atom is 0.134 e. The van der Waals surface area contributed by atoms with Crippen molar-refractivity contribution in [2.75, 3.05) is 18.9 Å². The fraction of sp³-hybridized carbons (Fsp3) is 0.375. The minimum absolute atomic E-state index is 0.0725. The van der Waals surface area contributed by atoms with Crippen LogP contribution in [0.1, 0.15) is 29.8 Å². The van der Waals surface area contributed by atoms with Gasteiger partial charge >= 0.3 is 0 Å². The topological polar surface area (TPSA) is 61.3 Å². The molecular weight excluding hydrogens is 264 g/mol. The van der Waals surface area contributed by atoms with E-state index in [0.29, 0.717) is 0 Å². The molecule has 2 aromatic rings. The summed E-state index contributed by atoms with van der Waals surface area (Å²) in [6.45, 7) is 3.96. The van der Waals surface area contributed by atoms with E-state index < -0.39 is 0 Å². The zero-order chi connectivity index (χ0) is 14.8. The van der Waals surface area contributed by atoms with Crippen LogP contribution in [0.15, 0.2) is 30.6 Å². The molecule has 0 bridgehead atoms. The highest BCUT2D eigenvalue weighted by Gasteiger charge is 2.19. The summed E-state index contributed by atoms with van der Waals surface area (Å²) in [6.07, 6.45) is 2.59. The summed E-state index contributed by atoms with van der Waals surface area (Å²) in [5.41, 5.74) is 3.35. The molecule has 0 fully saturated rings. The SMILES string of the molecule is C[C@H](Nc1ncnc2c1CN(C)CC2)c1cccc(O)c1. The van der Waals surface area contributed by atoms with E-state index in [4.69, 9.17) is 0 Å². The Morgan fingerprint density at radius 2 is 2.19 bits per heavy atom. The van der Waals surface area contributed by atoms with Crippen LogP contribution >= 0.6 is 0 Å². The standard InChI is InChI=1S/C16H20N4O/c1-11(12-4-3-5-13(21)8-12)19-16-14-9-20(2)7-6-15(14)17-10-18-16/h3-5,8,10-11,21H,6-7,9H2,1-2H3,(H,17,18,19)/t11-/m0/s1. The molecular formula is C16H20N4O. The lowest BCUT2D eigenvalue weighted by molar-refractivity contribution is 0.309. The zero-order valence-electron chi connectivity index (χ0n) is 12.4. The zero-order valence-corrected chi connectivity index (χ0v) is 12.4. The number of aromatic hydroxyl groups is 1. The number of phenols is 1. The number of benzene rings is 1. The maximum absolute atomic E-state index is 9.59. The average molecular weight is 284 g/mol. The molecule has 1 aliphatic heterocycles. The highest BCUT2D eigenvalue weighted by molar-refractivity contribution is 5.49. The Hall–Kier alpha value is -2.14. The Morgan fingerprint density at radius 1 is 1.33 bits per heavy atom. The summed E-state index contributed by atoms with van der Waals surface area (Å²) >= 11 is 0. The third-order valence-corrected chi connectivity index (χ3v) is 3.92. The van der Waals surface area contributed by atoms with E-state index in [2.05, 4.69) is 34.2 Å². The van der Waals surface area contributed by atoms with Crippen LogP contribution in [0, 0.1) is 0 Å². The van der Waals surface area contributed by atoms with Gasteiger partial charge in [0.2, 0.25) is 0 Å². The lowest BCUT2D eigenvalue weighted by Crippen LogP contribution is -2.28. The summed E-state index contributed by atoms with van der Waals surface area (Å²) in [5, 5.41) is 13.0. The van der Waals surface area contributed by atoms with Gasteiger partial charge < -0.3 is 15.3 Å². The molecule has 0 amide bonds. The fourth-order valence-electron chi connectivity index (χ4n) is 2.68. The third-order valence-electron chi connectivity index (χ3n) is 3.92. The van der Waals surface area contributed by atoms with Crippen LogP contribution in [0.25, 0.3) is 0 Å². The molecule has 110 valence electrons. The molecule has 5 heteroatoms. The van der Waals surface area contributed by atoms with Crippen LogP contribution in [0.5, 0.6) is 5.75 Å². The van der Waals surface area contributed by atoms with Gasteiger partial charge in [0.05, 0.1) is 11.7 Å². The van der Waals surface area contributed by atoms with Crippen LogP contribution in [-0.2, 0) is 13.0 Å². The van der Waals surface area contributed by atoms with Gasteiger partial charge in [-0.05, 0) is 31.7 Å². The first-order valence-electron chi connectivity index (χ1n) is 7.20. The van der Waals surface area contributed by atoms with Crippen LogP contribution in [0.4, 0.5) is 5.82 Å². The second kappa shape index (κ2) is 5.69. The number of fused-ring (bicyclic) bond motifs is 1. The Morgan fingerprint density at radius 3 is 3.00 bits per heavy atom. The molecule has 0 spiro atoms. The van der Waals surface area contributed by atoms with Gasteiger partial charge in [0.1, 0.15) is 17.9 Å². The van der Waals surface area contributed by atoms with E-state index in [9.17, 15) is 5.11 Å². The number of nitrogens with one attached hydrogen (secondary N) is 1. The van der Waals surface area contributed by atoms with Crippen molar-refractivity contribution >= 4 is 5.82 Å². The number of nitrogens with zero attached hydrogens (tertiary/aromatic N) is 3. The monoisotopic (exact) mass is 284 g/mol. The van der Waals surface area contributed by atoms with Crippen LogP contribution in [0.3, 0.4) is 0 Å². The smallest absolute Gasteiger partial charge is 0.134 e. The quantitative estimate of drug-likeness (QED) is 0.906. The first-order chi connectivity index (χ1) is 10.1. The Bertz CT molecular complexity index is 644. The van der Waals surface area contributed by atoms with Crippen molar-refractivity contribution in [1.82, 2.24) is 14.9 Å². The van der Waals surface area contributed by atoms with Crippen molar-refractivity contribution in [3.8, 4) is 5.75 Å². The molecule has 2 N–H and O–H groups in total. The average Bonchev–Trinajstić information content (AvgIpc) is 2.48. The van der Waals surface area contributed by atoms with E-state index in [1.165, 1.54) is 5.56 Å². The second-order valence-corrected chi connectivity index (χ2v) is 5.60. The highest BCUT2D eigenvalue weighted by Crippen LogP contribution is 2.26. The predicted molar refractivity (Wildman–Crippen MR) is 82.2 cm³/mol. The van der Waals surface area contributed by atoms with Crippen molar-refractivity contribution in [1.29, 1.82) is 0 Å². The molecule has 0 unspecified atom stereocenters. The first-order valence-corrected chi connectivity index (χ1v) is 7.20. The van der Waals surface area contributed by atoms with E-state index >= 15 is 0 Å². The van der Waals surface area contributed by atoms with Crippen LogP contribution < -0.4 is 5.32 Å². The minimum Gasteiger partial charge on any atom is -0.508 e. The molecule has 21 heavy (non-hydrogen) atoms. The number of likely N-dealkylation sites (N-methyl/N-ethyl adjacent to an activating group) is 1. The van der Waals surface area contributed by atoms with Gasteiger partial charge in [0.25, 0.3) is 0 Å². The fourth-order valence-corrected chi connectivity index (χ4v) is 2.68. The molecule has 3 rings (SSSR count). The van der Waals surface area contributed by atoms with Gasteiger partial charge in [-0.1, -0.05) is 12.1 Å². The molecule has 0 radical (unpaired) electrons. The molecule has 1 aromatic heterocycles. The molecule has 1 atom stereocenters. The lowest BCUT2D eigenvalue weighted by atomic mass is 10.0. The third kappa shape index (κ3) is 2.97. The van der Waals surface area contributed by atoms with E-state index in [1.54, 1.807) is 18.5 Å². The summed E-state index contributed by atoms with van der Waals surface area (Å²) in [6, 6.07) is 7.38. The summed E-state index contributed by atoms with van der Waals surface area (Å²) < 4.78 is 0. The minimum atomic E-state index is 0.0725. The number of hydrogen-bond donors (Lipinski definition) is 2. The number of phenolic OH excluding ortho intramolecular Hbond substituents is 1. The summed E-state index contributed by atoms with van der Waals surface area (Å²) in [7, 11) is 2.11. The van der Waals surface area contributed by atoms with Crippen molar-refractivity contribution in [3.63, 3.8) is 0 Å². The Balaban J connectivity index is 1.85. The Labute approximate surface area is 124 Å². The second-order valence-electron chi connectivity index (χ2n) is 5.60. The van der Waals surface area contributed by atoms with Crippen LogP contribution in [-0.4, -0.2) is 33.6 Å². The van der Waals surface area contributed by atoms with Crippen molar-refractivity contribution in [2.24, 2.45) is 0 Å². The van der Waals surface area contributed by atoms with Crippen LogP contribution in [0.2, 0.25) is 0 Å². The summed E-state index contributed by atoms with van der Waals surface area (Å²) in [4.78, 5) is 11.1. The molecule has 0 saturated carbocycles.